The van der Waals surface area contributed by atoms with Crippen molar-refractivity contribution in [2.45, 2.75) is 43.7 Å². The van der Waals surface area contributed by atoms with Crippen LogP contribution in [-0.4, -0.2) is 13.7 Å². The van der Waals surface area contributed by atoms with Gasteiger partial charge in [0.25, 0.3) is 0 Å². The number of hydrogen-bond donors (Lipinski definition) is 1. The number of hydrogen-bond acceptors (Lipinski definition) is 2. The number of rotatable bonds is 3. The van der Waals surface area contributed by atoms with Crippen LogP contribution in [-0.2, 0) is 11.6 Å². The zero-order chi connectivity index (χ0) is 14.8. The lowest BCUT2D eigenvalue weighted by molar-refractivity contribution is -0.137. The number of ether oxygens (including phenoxy) is 1. The Bertz CT molecular complexity index is 465. The highest BCUT2D eigenvalue weighted by atomic mass is 19.4. The summed E-state index contributed by atoms with van der Waals surface area (Å²) in [5.74, 6) is 0.505. The van der Waals surface area contributed by atoms with Crippen molar-refractivity contribution in [2.24, 2.45) is 5.73 Å². The monoisotopic (exact) mass is 287 g/mol. The van der Waals surface area contributed by atoms with E-state index in [4.69, 9.17) is 10.5 Å². The average molecular weight is 287 g/mol. The summed E-state index contributed by atoms with van der Waals surface area (Å²) in [4.78, 5) is 0. The maximum Gasteiger partial charge on any atom is 0.416 e. The van der Waals surface area contributed by atoms with E-state index in [-0.39, 0.29) is 5.41 Å². The molecule has 2 nitrogen and oxygen atoms in total. The van der Waals surface area contributed by atoms with Crippen molar-refractivity contribution in [1.82, 2.24) is 0 Å². The maximum absolute atomic E-state index is 12.9. The van der Waals surface area contributed by atoms with Gasteiger partial charge in [0, 0.05) is 17.5 Å². The second-order valence-electron chi connectivity index (χ2n) is 5.46. The highest BCUT2D eigenvalue weighted by Gasteiger charge is 2.38. The van der Waals surface area contributed by atoms with Gasteiger partial charge >= 0.3 is 6.18 Å². The standard InChI is InChI=1S/C15H20F3NO/c1-20-13-6-5-11(15(16,17)18)9-12(13)14(10-19)7-3-2-4-8-14/h5-6,9H,2-4,7-8,10,19H2,1H3. The zero-order valence-corrected chi connectivity index (χ0v) is 11.6. The summed E-state index contributed by atoms with van der Waals surface area (Å²) in [6.45, 7) is 0.352. The van der Waals surface area contributed by atoms with Crippen molar-refractivity contribution >= 4 is 0 Å². The molecule has 1 aliphatic carbocycles. The van der Waals surface area contributed by atoms with Crippen LogP contribution in [0.3, 0.4) is 0 Å². The molecule has 0 aromatic heterocycles. The van der Waals surface area contributed by atoms with Gasteiger partial charge in [-0.2, -0.15) is 13.2 Å². The Hall–Kier alpha value is -1.23. The van der Waals surface area contributed by atoms with E-state index in [1.165, 1.54) is 19.2 Å². The molecule has 0 heterocycles. The third-order valence-corrected chi connectivity index (χ3v) is 4.30. The number of methoxy groups -OCH3 is 1. The first kappa shape index (κ1) is 15.2. The van der Waals surface area contributed by atoms with Crippen molar-refractivity contribution < 1.29 is 17.9 Å². The molecular formula is C15H20F3NO. The van der Waals surface area contributed by atoms with E-state index >= 15 is 0 Å². The Balaban J connectivity index is 2.51. The third kappa shape index (κ3) is 2.77. The molecule has 5 heteroatoms. The molecule has 0 unspecified atom stereocenters. The van der Waals surface area contributed by atoms with Gasteiger partial charge in [-0.3, -0.25) is 0 Å². The van der Waals surface area contributed by atoms with Gasteiger partial charge in [-0.25, -0.2) is 0 Å². The van der Waals surface area contributed by atoms with Gasteiger partial charge in [0.1, 0.15) is 5.75 Å². The Labute approximate surface area is 117 Å². The van der Waals surface area contributed by atoms with Crippen molar-refractivity contribution in [3.05, 3.63) is 29.3 Å². The minimum absolute atomic E-state index is 0.352. The molecule has 0 saturated heterocycles. The van der Waals surface area contributed by atoms with Gasteiger partial charge < -0.3 is 10.5 Å². The second kappa shape index (κ2) is 5.64. The molecule has 0 bridgehead atoms. The Morgan fingerprint density at radius 1 is 1.20 bits per heavy atom. The van der Waals surface area contributed by atoms with Crippen LogP contribution >= 0.6 is 0 Å². The van der Waals surface area contributed by atoms with Crippen molar-refractivity contribution in [2.75, 3.05) is 13.7 Å². The lowest BCUT2D eigenvalue weighted by Gasteiger charge is -2.38. The molecule has 1 aromatic rings. The molecule has 2 N–H and O–H groups in total. The number of alkyl halides is 3. The second-order valence-corrected chi connectivity index (χ2v) is 5.46. The first-order valence-corrected chi connectivity index (χ1v) is 6.89. The van der Waals surface area contributed by atoms with Crippen LogP contribution in [0.2, 0.25) is 0 Å². The smallest absolute Gasteiger partial charge is 0.416 e. The topological polar surface area (TPSA) is 35.2 Å². The maximum atomic E-state index is 12.9. The molecular weight excluding hydrogens is 267 g/mol. The van der Waals surface area contributed by atoms with Crippen molar-refractivity contribution in [3.8, 4) is 5.75 Å². The average Bonchev–Trinajstić information content (AvgIpc) is 2.46. The Kier molecular flexibility index (Phi) is 4.28. The van der Waals surface area contributed by atoms with Crippen molar-refractivity contribution in [3.63, 3.8) is 0 Å². The first-order chi connectivity index (χ1) is 9.43. The fraction of sp³-hybridized carbons (Fsp3) is 0.600. The molecule has 0 spiro atoms. The van der Waals surface area contributed by atoms with Crippen LogP contribution in [0.25, 0.3) is 0 Å². The fourth-order valence-corrected chi connectivity index (χ4v) is 3.11. The van der Waals surface area contributed by atoms with Gasteiger partial charge in [0.2, 0.25) is 0 Å². The molecule has 1 aromatic carbocycles. The van der Waals surface area contributed by atoms with E-state index in [1.807, 2.05) is 0 Å². The summed E-state index contributed by atoms with van der Waals surface area (Å²) in [6.07, 6.45) is 0.407. The number of nitrogens with two attached hydrogens (primary N) is 1. The summed E-state index contributed by atoms with van der Waals surface area (Å²) in [5, 5.41) is 0. The van der Waals surface area contributed by atoms with Crippen LogP contribution in [0.1, 0.15) is 43.2 Å². The van der Waals surface area contributed by atoms with Crippen LogP contribution in [0, 0.1) is 0 Å². The van der Waals surface area contributed by atoms with Gasteiger partial charge in [-0.1, -0.05) is 19.3 Å². The molecule has 20 heavy (non-hydrogen) atoms. The van der Waals surface area contributed by atoms with E-state index in [0.29, 0.717) is 17.9 Å². The van der Waals surface area contributed by atoms with E-state index in [9.17, 15) is 13.2 Å². The van der Waals surface area contributed by atoms with E-state index in [1.54, 1.807) is 0 Å². The minimum atomic E-state index is -4.34. The molecule has 2 rings (SSSR count). The Morgan fingerprint density at radius 3 is 2.35 bits per heavy atom. The quantitative estimate of drug-likeness (QED) is 0.915. The molecule has 0 atom stereocenters. The van der Waals surface area contributed by atoms with Crippen LogP contribution < -0.4 is 10.5 Å². The number of benzene rings is 1. The Morgan fingerprint density at radius 2 is 1.85 bits per heavy atom. The highest BCUT2D eigenvalue weighted by Crippen LogP contribution is 2.44. The lowest BCUT2D eigenvalue weighted by atomic mass is 9.69. The van der Waals surface area contributed by atoms with E-state index in [2.05, 4.69) is 0 Å². The van der Waals surface area contributed by atoms with Gasteiger partial charge in [0.05, 0.1) is 12.7 Å². The minimum Gasteiger partial charge on any atom is -0.496 e. The van der Waals surface area contributed by atoms with E-state index < -0.39 is 11.7 Å². The zero-order valence-electron chi connectivity index (χ0n) is 11.6. The predicted octanol–water partition coefficient (Wildman–Crippen LogP) is 3.87. The first-order valence-electron chi connectivity index (χ1n) is 6.89. The van der Waals surface area contributed by atoms with Gasteiger partial charge in [-0.05, 0) is 31.0 Å². The van der Waals surface area contributed by atoms with Gasteiger partial charge in [0.15, 0.2) is 0 Å². The lowest BCUT2D eigenvalue weighted by Crippen LogP contribution is -2.37. The normalized spacial score (nSPS) is 18.9. The molecule has 0 amide bonds. The summed E-state index contributed by atoms with van der Waals surface area (Å²) in [5.41, 5.74) is 5.51. The van der Waals surface area contributed by atoms with Crippen LogP contribution in [0.15, 0.2) is 18.2 Å². The van der Waals surface area contributed by atoms with Crippen molar-refractivity contribution in [1.29, 1.82) is 0 Å². The van der Waals surface area contributed by atoms with Gasteiger partial charge in [-0.15, -0.1) is 0 Å². The SMILES string of the molecule is COc1ccc(C(F)(F)F)cc1C1(CN)CCCCC1. The number of halogens is 3. The predicted molar refractivity (Wildman–Crippen MR) is 71.8 cm³/mol. The van der Waals surface area contributed by atoms with Crippen LogP contribution in [0.4, 0.5) is 13.2 Å². The molecule has 112 valence electrons. The summed E-state index contributed by atoms with van der Waals surface area (Å²) in [6, 6.07) is 3.69. The third-order valence-electron chi connectivity index (χ3n) is 4.30. The highest BCUT2D eigenvalue weighted by molar-refractivity contribution is 5.44. The fourth-order valence-electron chi connectivity index (χ4n) is 3.11. The largest absolute Gasteiger partial charge is 0.496 e. The van der Waals surface area contributed by atoms with E-state index in [0.717, 1.165) is 38.2 Å². The molecule has 1 fully saturated rings. The summed E-state index contributed by atoms with van der Waals surface area (Å²) in [7, 11) is 1.49. The summed E-state index contributed by atoms with van der Waals surface area (Å²) >= 11 is 0. The molecule has 0 aliphatic heterocycles. The molecule has 1 aliphatic rings. The van der Waals surface area contributed by atoms with Crippen LogP contribution in [0.5, 0.6) is 5.75 Å². The summed E-state index contributed by atoms with van der Waals surface area (Å²) < 4.78 is 44.1. The molecule has 0 radical (unpaired) electrons. The molecule has 1 saturated carbocycles.